The molecule has 0 bridgehead atoms. The molecule has 0 aliphatic carbocycles. The number of aryl methyl sites for hydroxylation is 1. The number of amides is 2. The van der Waals surface area contributed by atoms with E-state index in [1.165, 1.54) is 22.7 Å². The number of thiophene rings is 1. The number of hydrogen-bond donors (Lipinski definition) is 2. The number of hydrogen-bond acceptors (Lipinski definition) is 6. The minimum absolute atomic E-state index is 0.221. The third-order valence-corrected chi connectivity index (χ3v) is 4.58. The SMILES string of the molecule is Cc1ccc(C(=O)NNC(=O)c2csc(-c3ccco3)n2)s1. The Morgan fingerprint density at radius 3 is 2.68 bits per heavy atom. The van der Waals surface area contributed by atoms with Crippen molar-refractivity contribution >= 4 is 34.5 Å². The number of nitrogens with zero attached hydrogens (tertiary/aromatic N) is 1. The molecule has 0 saturated heterocycles. The molecule has 0 fully saturated rings. The highest BCUT2D eigenvalue weighted by molar-refractivity contribution is 7.14. The quantitative estimate of drug-likeness (QED) is 0.722. The van der Waals surface area contributed by atoms with Gasteiger partial charge >= 0.3 is 0 Å². The van der Waals surface area contributed by atoms with Crippen LogP contribution in [0.4, 0.5) is 0 Å². The zero-order valence-corrected chi connectivity index (χ0v) is 13.1. The van der Waals surface area contributed by atoms with E-state index in [0.717, 1.165) is 4.88 Å². The van der Waals surface area contributed by atoms with Crippen molar-refractivity contribution in [3.05, 3.63) is 51.4 Å². The summed E-state index contributed by atoms with van der Waals surface area (Å²) in [5.41, 5.74) is 4.94. The van der Waals surface area contributed by atoms with Crippen molar-refractivity contribution in [3.63, 3.8) is 0 Å². The van der Waals surface area contributed by atoms with Crippen LogP contribution in [0.1, 0.15) is 25.0 Å². The number of hydrazine groups is 1. The number of rotatable bonds is 3. The zero-order chi connectivity index (χ0) is 15.5. The van der Waals surface area contributed by atoms with Crippen LogP contribution in [-0.4, -0.2) is 16.8 Å². The molecule has 0 atom stereocenters. The van der Waals surface area contributed by atoms with Gasteiger partial charge in [-0.3, -0.25) is 20.4 Å². The zero-order valence-electron chi connectivity index (χ0n) is 11.5. The number of nitrogens with one attached hydrogen (secondary N) is 2. The lowest BCUT2D eigenvalue weighted by atomic mass is 10.4. The van der Waals surface area contributed by atoms with Crippen LogP contribution in [0.25, 0.3) is 10.8 Å². The lowest BCUT2D eigenvalue weighted by Gasteiger charge is -2.03. The maximum absolute atomic E-state index is 12.0. The van der Waals surface area contributed by atoms with Gasteiger partial charge in [-0.15, -0.1) is 22.7 Å². The van der Waals surface area contributed by atoms with Crippen LogP contribution in [0.3, 0.4) is 0 Å². The standard InChI is InChI=1S/C14H11N3O3S2/c1-8-4-5-11(22-8)13(19)17-16-12(18)9-7-21-14(15-9)10-3-2-6-20-10/h2-7H,1H3,(H,16,18)(H,17,19). The van der Waals surface area contributed by atoms with Gasteiger partial charge in [0.15, 0.2) is 10.8 Å². The van der Waals surface area contributed by atoms with Gasteiger partial charge < -0.3 is 4.42 Å². The lowest BCUT2D eigenvalue weighted by molar-refractivity contribution is 0.0846. The molecule has 0 saturated carbocycles. The second-order valence-electron chi connectivity index (χ2n) is 4.33. The monoisotopic (exact) mass is 333 g/mol. The highest BCUT2D eigenvalue weighted by Gasteiger charge is 2.15. The van der Waals surface area contributed by atoms with Crippen LogP contribution in [0.15, 0.2) is 40.3 Å². The largest absolute Gasteiger partial charge is 0.462 e. The third kappa shape index (κ3) is 3.07. The fourth-order valence-electron chi connectivity index (χ4n) is 1.69. The highest BCUT2D eigenvalue weighted by atomic mass is 32.1. The molecule has 0 unspecified atom stereocenters. The summed E-state index contributed by atoms with van der Waals surface area (Å²) in [6.45, 7) is 1.91. The predicted octanol–water partition coefficient (Wildman–Crippen LogP) is 2.85. The van der Waals surface area contributed by atoms with Gasteiger partial charge in [0.2, 0.25) is 0 Å². The van der Waals surface area contributed by atoms with E-state index in [9.17, 15) is 9.59 Å². The fraction of sp³-hybridized carbons (Fsp3) is 0.0714. The molecule has 6 nitrogen and oxygen atoms in total. The van der Waals surface area contributed by atoms with E-state index in [2.05, 4.69) is 15.8 Å². The van der Waals surface area contributed by atoms with Crippen molar-refractivity contribution in [2.45, 2.75) is 6.92 Å². The van der Waals surface area contributed by atoms with Crippen molar-refractivity contribution in [1.82, 2.24) is 15.8 Å². The van der Waals surface area contributed by atoms with E-state index < -0.39 is 5.91 Å². The van der Waals surface area contributed by atoms with Crippen LogP contribution in [0.5, 0.6) is 0 Å². The molecule has 2 amide bonds. The molecule has 0 radical (unpaired) electrons. The Bertz CT molecular complexity index is 805. The van der Waals surface area contributed by atoms with Crippen molar-refractivity contribution < 1.29 is 14.0 Å². The van der Waals surface area contributed by atoms with Gasteiger partial charge in [0.25, 0.3) is 11.8 Å². The van der Waals surface area contributed by atoms with Crippen molar-refractivity contribution in [1.29, 1.82) is 0 Å². The Balaban J connectivity index is 1.61. The summed E-state index contributed by atoms with van der Waals surface area (Å²) in [5, 5.41) is 2.21. The molecular weight excluding hydrogens is 322 g/mol. The number of aromatic nitrogens is 1. The molecule has 0 aromatic carbocycles. The molecule has 0 spiro atoms. The fourth-order valence-corrected chi connectivity index (χ4v) is 3.22. The Morgan fingerprint density at radius 1 is 1.18 bits per heavy atom. The van der Waals surface area contributed by atoms with Crippen LogP contribution in [0, 0.1) is 6.92 Å². The molecule has 3 rings (SSSR count). The topological polar surface area (TPSA) is 84.2 Å². The van der Waals surface area contributed by atoms with Crippen molar-refractivity contribution in [2.75, 3.05) is 0 Å². The van der Waals surface area contributed by atoms with Gasteiger partial charge in [0.1, 0.15) is 5.69 Å². The predicted molar refractivity (Wildman–Crippen MR) is 83.8 cm³/mol. The molecule has 22 heavy (non-hydrogen) atoms. The number of thiazole rings is 1. The summed E-state index contributed by atoms with van der Waals surface area (Å²) in [5.74, 6) is -0.231. The molecule has 0 aliphatic heterocycles. The van der Waals surface area contributed by atoms with E-state index in [1.807, 2.05) is 13.0 Å². The van der Waals surface area contributed by atoms with Gasteiger partial charge in [0, 0.05) is 10.3 Å². The molecule has 2 N–H and O–H groups in total. The highest BCUT2D eigenvalue weighted by Crippen LogP contribution is 2.23. The average Bonchev–Trinajstić information content (AvgIpc) is 3.23. The number of carbonyl (C=O) groups excluding carboxylic acids is 2. The minimum atomic E-state index is -0.476. The summed E-state index contributed by atoms with van der Waals surface area (Å²) >= 11 is 2.65. The van der Waals surface area contributed by atoms with Gasteiger partial charge in [-0.05, 0) is 31.2 Å². The molecule has 8 heteroatoms. The Morgan fingerprint density at radius 2 is 2.00 bits per heavy atom. The van der Waals surface area contributed by atoms with E-state index in [0.29, 0.717) is 15.6 Å². The van der Waals surface area contributed by atoms with Crippen molar-refractivity contribution in [3.8, 4) is 10.8 Å². The first-order valence-corrected chi connectivity index (χ1v) is 7.99. The first-order chi connectivity index (χ1) is 10.6. The Hall–Kier alpha value is -2.45. The molecule has 3 heterocycles. The normalized spacial score (nSPS) is 10.4. The van der Waals surface area contributed by atoms with Crippen LogP contribution >= 0.6 is 22.7 Å². The molecule has 3 aromatic rings. The second kappa shape index (κ2) is 6.12. The van der Waals surface area contributed by atoms with Crippen molar-refractivity contribution in [2.24, 2.45) is 0 Å². The third-order valence-electron chi connectivity index (χ3n) is 2.72. The van der Waals surface area contributed by atoms with Crippen LogP contribution < -0.4 is 10.9 Å². The van der Waals surface area contributed by atoms with Gasteiger partial charge in [-0.1, -0.05) is 0 Å². The van der Waals surface area contributed by atoms with Gasteiger partial charge in [-0.25, -0.2) is 4.98 Å². The number of carbonyl (C=O) groups is 2. The summed E-state index contributed by atoms with van der Waals surface area (Å²) < 4.78 is 5.22. The van der Waals surface area contributed by atoms with Crippen LogP contribution in [0.2, 0.25) is 0 Å². The summed E-state index contributed by atoms with van der Waals surface area (Å²) in [4.78, 5) is 29.5. The van der Waals surface area contributed by atoms with E-state index >= 15 is 0 Å². The summed E-state index contributed by atoms with van der Waals surface area (Å²) in [6, 6.07) is 7.07. The van der Waals surface area contributed by atoms with E-state index in [4.69, 9.17) is 4.42 Å². The average molecular weight is 333 g/mol. The lowest BCUT2D eigenvalue weighted by Crippen LogP contribution is -2.41. The van der Waals surface area contributed by atoms with E-state index in [1.54, 1.807) is 29.8 Å². The van der Waals surface area contributed by atoms with Crippen LogP contribution in [-0.2, 0) is 0 Å². The molecule has 112 valence electrons. The minimum Gasteiger partial charge on any atom is -0.462 e. The second-order valence-corrected chi connectivity index (χ2v) is 6.48. The molecular formula is C14H11N3O3S2. The molecule has 0 aliphatic rings. The Kier molecular flexibility index (Phi) is 4.03. The van der Waals surface area contributed by atoms with E-state index in [-0.39, 0.29) is 11.6 Å². The molecule has 3 aromatic heterocycles. The first kappa shape index (κ1) is 14.5. The Labute approximate surface area is 133 Å². The first-order valence-electron chi connectivity index (χ1n) is 6.30. The number of furan rings is 1. The smallest absolute Gasteiger partial charge is 0.289 e. The van der Waals surface area contributed by atoms with Gasteiger partial charge in [-0.2, -0.15) is 0 Å². The summed E-state index contributed by atoms with van der Waals surface area (Å²) in [7, 11) is 0. The maximum Gasteiger partial charge on any atom is 0.289 e. The maximum atomic E-state index is 12.0. The summed E-state index contributed by atoms with van der Waals surface area (Å²) in [6.07, 6.45) is 1.54. The van der Waals surface area contributed by atoms with Gasteiger partial charge in [0.05, 0.1) is 11.1 Å².